The lowest BCUT2D eigenvalue weighted by Crippen LogP contribution is -2.25. The Morgan fingerprint density at radius 1 is 1.44 bits per heavy atom. The number of carbonyl (C=O) groups excluding carboxylic acids is 1. The first-order valence-electron chi connectivity index (χ1n) is 7.38. The number of benzene rings is 1. The van der Waals surface area contributed by atoms with E-state index in [4.69, 9.17) is 21.1 Å². The van der Waals surface area contributed by atoms with E-state index >= 15 is 0 Å². The van der Waals surface area contributed by atoms with Crippen molar-refractivity contribution < 1.29 is 19.2 Å². The molecular weight excluding hydrogens is 352 g/mol. The van der Waals surface area contributed by atoms with E-state index in [1.165, 1.54) is 22.9 Å². The van der Waals surface area contributed by atoms with E-state index < -0.39 is 4.92 Å². The van der Waals surface area contributed by atoms with Gasteiger partial charge >= 0.3 is 0 Å². The number of hydrogen-bond acceptors (Lipinski definition) is 6. The van der Waals surface area contributed by atoms with Crippen molar-refractivity contribution in [3.63, 3.8) is 0 Å². The van der Waals surface area contributed by atoms with Crippen molar-refractivity contribution in [2.75, 3.05) is 20.3 Å². The minimum atomic E-state index is -0.541. The van der Waals surface area contributed by atoms with Crippen LogP contribution in [0.4, 0.5) is 5.69 Å². The van der Waals surface area contributed by atoms with Gasteiger partial charge in [-0.15, -0.1) is 0 Å². The number of halogens is 1. The maximum Gasteiger partial charge on any atom is 0.271 e. The van der Waals surface area contributed by atoms with Gasteiger partial charge in [0.1, 0.15) is 11.4 Å². The van der Waals surface area contributed by atoms with Crippen molar-refractivity contribution in [3.05, 3.63) is 51.3 Å². The van der Waals surface area contributed by atoms with Crippen LogP contribution in [0.1, 0.15) is 16.9 Å². The smallest absolute Gasteiger partial charge is 0.271 e. The number of aromatic nitrogens is 2. The van der Waals surface area contributed by atoms with Crippen LogP contribution in [0.5, 0.6) is 5.75 Å². The van der Waals surface area contributed by atoms with Gasteiger partial charge in [-0.1, -0.05) is 11.6 Å². The third-order valence-electron chi connectivity index (χ3n) is 3.16. The number of amides is 1. The molecule has 0 spiro atoms. The highest BCUT2D eigenvalue weighted by molar-refractivity contribution is 6.32. The minimum absolute atomic E-state index is 0.00842. The summed E-state index contributed by atoms with van der Waals surface area (Å²) in [6, 6.07) is 5.47. The van der Waals surface area contributed by atoms with E-state index in [9.17, 15) is 14.9 Å². The monoisotopic (exact) mass is 368 g/mol. The van der Waals surface area contributed by atoms with Crippen LogP contribution in [0.2, 0.25) is 5.02 Å². The summed E-state index contributed by atoms with van der Waals surface area (Å²) in [6.45, 7) is 1.07. The predicted molar refractivity (Wildman–Crippen MR) is 89.8 cm³/mol. The zero-order valence-electron chi connectivity index (χ0n) is 13.5. The summed E-state index contributed by atoms with van der Waals surface area (Å²) in [7, 11) is 1.60. The quantitative estimate of drug-likeness (QED) is 0.413. The lowest BCUT2D eigenvalue weighted by Gasteiger charge is -2.07. The van der Waals surface area contributed by atoms with Gasteiger partial charge < -0.3 is 14.8 Å². The normalized spacial score (nSPS) is 10.5. The minimum Gasteiger partial charge on any atom is -0.470 e. The molecule has 0 radical (unpaired) electrons. The van der Waals surface area contributed by atoms with Crippen LogP contribution in [-0.4, -0.2) is 40.9 Å². The number of ether oxygens (including phenoxy) is 2. The number of rotatable bonds is 9. The largest absolute Gasteiger partial charge is 0.470 e. The van der Waals surface area contributed by atoms with Gasteiger partial charge in [0.05, 0.1) is 9.95 Å². The first-order chi connectivity index (χ1) is 12.0. The Morgan fingerprint density at radius 2 is 2.24 bits per heavy atom. The Hall–Kier alpha value is -2.65. The molecule has 0 saturated heterocycles. The SMILES string of the molecule is COCCCNC(=O)c1ccn(COc2ccc([N+](=O)[O-])cc2Cl)n1. The zero-order chi connectivity index (χ0) is 18.2. The number of nitrogens with zero attached hydrogens (tertiary/aromatic N) is 3. The van der Waals surface area contributed by atoms with E-state index in [2.05, 4.69) is 10.4 Å². The highest BCUT2D eigenvalue weighted by Gasteiger charge is 2.12. The van der Waals surface area contributed by atoms with E-state index in [0.29, 0.717) is 19.6 Å². The molecule has 0 aliphatic heterocycles. The summed E-state index contributed by atoms with van der Waals surface area (Å²) < 4.78 is 11.8. The molecule has 25 heavy (non-hydrogen) atoms. The van der Waals surface area contributed by atoms with Crippen LogP contribution in [-0.2, 0) is 11.5 Å². The third-order valence-corrected chi connectivity index (χ3v) is 3.46. The molecule has 10 heteroatoms. The number of nitro groups is 1. The summed E-state index contributed by atoms with van der Waals surface area (Å²) in [4.78, 5) is 22.0. The fourth-order valence-corrected chi connectivity index (χ4v) is 2.15. The first kappa shape index (κ1) is 18.7. The topological polar surface area (TPSA) is 109 Å². The molecule has 134 valence electrons. The highest BCUT2D eigenvalue weighted by Crippen LogP contribution is 2.28. The molecular formula is C15H17ClN4O5. The Bertz CT molecular complexity index is 749. The van der Waals surface area contributed by atoms with Gasteiger partial charge in [0, 0.05) is 38.6 Å². The summed E-state index contributed by atoms with van der Waals surface area (Å²) in [5.41, 5.74) is 0.139. The summed E-state index contributed by atoms with van der Waals surface area (Å²) in [6.07, 6.45) is 2.30. The third kappa shape index (κ3) is 5.44. The standard InChI is InChI=1S/C15H17ClN4O5/c1-24-8-2-6-17-15(21)13-5-7-19(18-13)10-25-14-4-3-11(20(22)23)9-12(14)16/h3-5,7,9H,2,6,8,10H2,1H3,(H,17,21). The van der Waals surface area contributed by atoms with E-state index in [1.54, 1.807) is 19.4 Å². The molecule has 2 aromatic rings. The van der Waals surface area contributed by atoms with Gasteiger partial charge in [-0.2, -0.15) is 5.10 Å². The second kappa shape index (κ2) is 9.00. The van der Waals surface area contributed by atoms with Crippen molar-refractivity contribution in [2.45, 2.75) is 13.2 Å². The van der Waals surface area contributed by atoms with Crippen molar-refractivity contribution in [2.24, 2.45) is 0 Å². The molecule has 0 saturated carbocycles. The zero-order valence-corrected chi connectivity index (χ0v) is 14.2. The lowest BCUT2D eigenvalue weighted by atomic mass is 10.3. The maximum absolute atomic E-state index is 11.9. The molecule has 2 rings (SSSR count). The second-order valence-electron chi connectivity index (χ2n) is 4.99. The fraction of sp³-hybridized carbons (Fsp3) is 0.333. The number of non-ortho nitro benzene ring substituents is 1. The van der Waals surface area contributed by atoms with Crippen molar-refractivity contribution >= 4 is 23.2 Å². The van der Waals surface area contributed by atoms with Gasteiger partial charge in [-0.3, -0.25) is 14.9 Å². The number of carbonyl (C=O) groups is 1. The number of nitrogens with one attached hydrogen (secondary N) is 1. The molecule has 0 fully saturated rings. The molecule has 1 aromatic heterocycles. The molecule has 0 aliphatic rings. The van der Waals surface area contributed by atoms with Crippen molar-refractivity contribution in [1.82, 2.24) is 15.1 Å². The Kier molecular flexibility index (Phi) is 6.72. The average Bonchev–Trinajstić information content (AvgIpc) is 3.06. The molecule has 0 aliphatic carbocycles. The molecule has 0 unspecified atom stereocenters. The van der Waals surface area contributed by atoms with Crippen molar-refractivity contribution in [1.29, 1.82) is 0 Å². The second-order valence-corrected chi connectivity index (χ2v) is 5.40. The van der Waals surface area contributed by atoms with E-state index in [1.807, 2.05) is 0 Å². The van der Waals surface area contributed by atoms with Crippen LogP contribution in [0.15, 0.2) is 30.5 Å². The average molecular weight is 369 g/mol. The molecule has 1 heterocycles. The van der Waals surface area contributed by atoms with Crippen LogP contribution in [0.25, 0.3) is 0 Å². The van der Waals surface area contributed by atoms with Crippen LogP contribution in [0.3, 0.4) is 0 Å². The highest BCUT2D eigenvalue weighted by atomic mass is 35.5. The fourth-order valence-electron chi connectivity index (χ4n) is 1.92. The van der Waals surface area contributed by atoms with Crippen molar-refractivity contribution in [3.8, 4) is 5.75 Å². The summed E-state index contributed by atoms with van der Waals surface area (Å²) in [5, 5.41) is 17.6. The Balaban J connectivity index is 1.89. The van der Waals surface area contributed by atoms with Gasteiger partial charge in [0.2, 0.25) is 0 Å². The maximum atomic E-state index is 11.9. The molecule has 1 N–H and O–H groups in total. The van der Waals surface area contributed by atoms with Gasteiger partial charge in [-0.05, 0) is 18.6 Å². The lowest BCUT2D eigenvalue weighted by molar-refractivity contribution is -0.384. The van der Waals surface area contributed by atoms with Crippen LogP contribution >= 0.6 is 11.6 Å². The molecule has 1 amide bonds. The number of nitro benzene ring substituents is 1. The molecule has 0 bridgehead atoms. The first-order valence-corrected chi connectivity index (χ1v) is 7.76. The van der Waals surface area contributed by atoms with Gasteiger partial charge in [0.25, 0.3) is 11.6 Å². The van der Waals surface area contributed by atoms with Crippen LogP contribution < -0.4 is 10.1 Å². The van der Waals surface area contributed by atoms with Gasteiger partial charge in [-0.25, -0.2) is 4.68 Å². The Morgan fingerprint density at radius 3 is 2.92 bits per heavy atom. The number of methoxy groups -OCH3 is 1. The summed E-state index contributed by atoms with van der Waals surface area (Å²) >= 11 is 5.94. The molecule has 0 atom stereocenters. The van der Waals surface area contributed by atoms with E-state index in [-0.39, 0.29) is 34.8 Å². The van der Waals surface area contributed by atoms with Gasteiger partial charge in [0.15, 0.2) is 6.73 Å². The summed E-state index contributed by atoms with van der Waals surface area (Å²) in [5.74, 6) is -0.00319. The molecule has 1 aromatic carbocycles. The predicted octanol–water partition coefficient (Wildman–Crippen LogP) is 2.25. The molecule has 9 nitrogen and oxygen atoms in total. The van der Waals surface area contributed by atoms with E-state index in [0.717, 1.165) is 0 Å². The Labute approximate surface area is 148 Å². The van der Waals surface area contributed by atoms with Crippen LogP contribution in [0, 0.1) is 10.1 Å². The number of hydrogen-bond donors (Lipinski definition) is 1.